The third-order valence-electron chi connectivity index (χ3n) is 4.88. The number of carbonyl (C=O) groups excluding carboxylic acids is 1. The van der Waals surface area contributed by atoms with Gasteiger partial charge in [0.25, 0.3) is 11.5 Å². The Balaban J connectivity index is 1.50. The molecule has 3 heterocycles. The topological polar surface area (TPSA) is 116 Å². The monoisotopic (exact) mass is 466 g/mol. The summed E-state index contributed by atoms with van der Waals surface area (Å²) in [5.74, 6) is -0.152. The number of fused-ring (bicyclic) bond motifs is 1. The van der Waals surface area contributed by atoms with Gasteiger partial charge in [0.15, 0.2) is 11.3 Å². The number of hydrogen-bond donors (Lipinski definition) is 1. The molecule has 0 aliphatic rings. The molecule has 3 aromatic heterocycles. The van der Waals surface area contributed by atoms with Crippen molar-refractivity contribution >= 4 is 28.2 Å². The Kier molecular flexibility index (Phi) is 6.36. The predicted octanol–water partition coefficient (Wildman–Crippen LogP) is 2.92. The molecule has 0 bridgehead atoms. The second-order valence-electron chi connectivity index (χ2n) is 7.24. The Labute approximate surface area is 192 Å². The van der Waals surface area contributed by atoms with Crippen LogP contribution >= 0.6 is 11.3 Å². The van der Waals surface area contributed by atoms with Gasteiger partial charge in [0, 0.05) is 18.0 Å². The summed E-state index contributed by atoms with van der Waals surface area (Å²) in [5.41, 5.74) is 0.604. The standard InChI is InChI=1S/C23H22N4O5S/c1-4-31-18-7-5-6-15-12-16(23(30)32-20(15)18)22(29)24-10-11-27-19(28)9-8-17(26-27)21-13(2)25-14(3)33-21/h5-9,12H,4,10-11H2,1-3H3,(H,24,29). The summed E-state index contributed by atoms with van der Waals surface area (Å²) in [7, 11) is 0. The van der Waals surface area contributed by atoms with E-state index in [0.717, 1.165) is 15.6 Å². The van der Waals surface area contributed by atoms with E-state index in [4.69, 9.17) is 9.15 Å². The second-order valence-corrected chi connectivity index (χ2v) is 8.44. The highest BCUT2D eigenvalue weighted by Crippen LogP contribution is 2.27. The van der Waals surface area contributed by atoms with Crippen molar-refractivity contribution in [2.24, 2.45) is 0 Å². The van der Waals surface area contributed by atoms with E-state index in [2.05, 4.69) is 15.4 Å². The SMILES string of the molecule is CCOc1cccc2cc(C(=O)NCCn3nc(-c4sc(C)nc4C)ccc3=O)c(=O)oc12. The van der Waals surface area contributed by atoms with Crippen molar-refractivity contribution in [3.05, 3.63) is 73.4 Å². The molecule has 33 heavy (non-hydrogen) atoms. The van der Waals surface area contributed by atoms with Crippen molar-refractivity contribution in [2.75, 3.05) is 13.2 Å². The van der Waals surface area contributed by atoms with Crippen molar-refractivity contribution in [1.82, 2.24) is 20.1 Å². The molecule has 4 rings (SSSR count). The molecular formula is C23H22N4O5S. The van der Waals surface area contributed by atoms with E-state index in [1.807, 2.05) is 20.8 Å². The summed E-state index contributed by atoms with van der Waals surface area (Å²) in [6, 6.07) is 9.75. The zero-order valence-electron chi connectivity index (χ0n) is 18.4. The average molecular weight is 467 g/mol. The smallest absolute Gasteiger partial charge is 0.349 e. The van der Waals surface area contributed by atoms with E-state index >= 15 is 0 Å². The van der Waals surface area contributed by atoms with Crippen molar-refractivity contribution in [1.29, 1.82) is 0 Å². The Bertz CT molecular complexity index is 1450. The minimum atomic E-state index is -0.763. The van der Waals surface area contributed by atoms with Crippen molar-refractivity contribution in [3.63, 3.8) is 0 Å². The molecule has 0 atom stereocenters. The van der Waals surface area contributed by atoms with Gasteiger partial charge in [-0.15, -0.1) is 11.3 Å². The lowest BCUT2D eigenvalue weighted by Gasteiger charge is -2.09. The molecule has 0 saturated carbocycles. The zero-order chi connectivity index (χ0) is 23.5. The highest BCUT2D eigenvalue weighted by Gasteiger charge is 2.16. The highest BCUT2D eigenvalue weighted by atomic mass is 32.1. The first-order valence-electron chi connectivity index (χ1n) is 10.4. The third-order valence-corrected chi connectivity index (χ3v) is 5.98. The lowest BCUT2D eigenvalue weighted by atomic mass is 10.1. The van der Waals surface area contributed by atoms with E-state index in [0.29, 0.717) is 29.0 Å². The lowest BCUT2D eigenvalue weighted by molar-refractivity contribution is 0.0948. The summed E-state index contributed by atoms with van der Waals surface area (Å²) < 4.78 is 12.1. The fraction of sp³-hybridized carbons (Fsp3) is 0.261. The molecule has 1 aromatic carbocycles. The lowest BCUT2D eigenvalue weighted by Crippen LogP contribution is -2.33. The van der Waals surface area contributed by atoms with Gasteiger partial charge in [-0.25, -0.2) is 14.5 Å². The fourth-order valence-corrected chi connectivity index (χ4v) is 4.30. The first-order chi connectivity index (χ1) is 15.9. The number of carbonyl (C=O) groups is 1. The van der Waals surface area contributed by atoms with Crippen LogP contribution in [0.2, 0.25) is 0 Å². The van der Waals surface area contributed by atoms with Crippen LogP contribution in [-0.2, 0) is 6.54 Å². The number of nitrogens with zero attached hydrogens (tertiary/aromatic N) is 3. The number of aromatic nitrogens is 3. The average Bonchev–Trinajstić information content (AvgIpc) is 3.13. The van der Waals surface area contributed by atoms with Crippen molar-refractivity contribution in [2.45, 2.75) is 27.3 Å². The largest absolute Gasteiger partial charge is 0.490 e. The maximum atomic E-state index is 12.6. The number of rotatable bonds is 7. The van der Waals surface area contributed by atoms with E-state index < -0.39 is 11.5 Å². The minimum absolute atomic E-state index is 0.104. The minimum Gasteiger partial charge on any atom is -0.490 e. The second kappa shape index (κ2) is 9.37. The maximum absolute atomic E-state index is 12.6. The van der Waals surface area contributed by atoms with Gasteiger partial charge in [0.05, 0.1) is 28.7 Å². The normalized spacial score (nSPS) is 11.0. The van der Waals surface area contributed by atoms with E-state index in [-0.39, 0.29) is 24.2 Å². The van der Waals surface area contributed by atoms with Crippen LogP contribution in [0.1, 0.15) is 28.0 Å². The fourth-order valence-electron chi connectivity index (χ4n) is 3.41. The molecule has 0 radical (unpaired) electrons. The Hall–Kier alpha value is -3.79. The van der Waals surface area contributed by atoms with Crippen LogP contribution in [0.25, 0.3) is 21.5 Å². The summed E-state index contributed by atoms with van der Waals surface area (Å²) in [6.45, 7) is 6.29. The number of aryl methyl sites for hydroxylation is 2. The summed E-state index contributed by atoms with van der Waals surface area (Å²) in [5, 5.41) is 8.55. The number of hydrogen-bond acceptors (Lipinski definition) is 8. The molecule has 0 spiro atoms. The van der Waals surface area contributed by atoms with E-state index in [1.165, 1.54) is 28.2 Å². The molecule has 0 unspecified atom stereocenters. The summed E-state index contributed by atoms with van der Waals surface area (Å²) in [6.07, 6.45) is 0. The van der Waals surface area contributed by atoms with Gasteiger partial charge in [-0.3, -0.25) is 9.59 Å². The maximum Gasteiger partial charge on any atom is 0.349 e. The van der Waals surface area contributed by atoms with Crippen molar-refractivity contribution in [3.8, 4) is 16.3 Å². The number of para-hydroxylation sites is 1. The Morgan fingerprint density at radius 3 is 2.76 bits per heavy atom. The van der Waals surface area contributed by atoms with Gasteiger partial charge in [0.2, 0.25) is 0 Å². The summed E-state index contributed by atoms with van der Waals surface area (Å²) in [4.78, 5) is 42.5. The van der Waals surface area contributed by atoms with Crippen LogP contribution in [0.15, 0.2) is 50.4 Å². The highest BCUT2D eigenvalue weighted by molar-refractivity contribution is 7.15. The molecule has 0 aliphatic heterocycles. The third kappa shape index (κ3) is 4.70. The van der Waals surface area contributed by atoms with E-state index in [9.17, 15) is 14.4 Å². The van der Waals surface area contributed by atoms with Crippen LogP contribution in [0, 0.1) is 13.8 Å². The van der Waals surface area contributed by atoms with Gasteiger partial charge >= 0.3 is 5.63 Å². The molecule has 9 nitrogen and oxygen atoms in total. The molecule has 0 fully saturated rings. The molecule has 170 valence electrons. The van der Waals surface area contributed by atoms with Gasteiger partial charge in [-0.05, 0) is 39.0 Å². The van der Waals surface area contributed by atoms with Crippen LogP contribution in [0.4, 0.5) is 0 Å². The van der Waals surface area contributed by atoms with Gasteiger partial charge in [-0.1, -0.05) is 12.1 Å². The molecule has 4 aromatic rings. The molecule has 1 N–H and O–H groups in total. The van der Waals surface area contributed by atoms with Crippen LogP contribution in [0.5, 0.6) is 5.75 Å². The molecule has 10 heteroatoms. The number of amides is 1. The number of ether oxygens (including phenoxy) is 1. The van der Waals surface area contributed by atoms with Crippen LogP contribution in [-0.4, -0.2) is 33.8 Å². The Morgan fingerprint density at radius 1 is 1.21 bits per heavy atom. The molecular weight excluding hydrogens is 444 g/mol. The van der Waals surface area contributed by atoms with Crippen molar-refractivity contribution < 1.29 is 13.9 Å². The number of benzene rings is 1. The predicted molar refractivity (Wildman–Crippen MR) is 125 cm³/mol. The van der Waals surface area contributed by atoms with Gasteiger partial charge in [-0.2, -0.15) is 5.10 Å². The van der Waals surface area contributed by atoms with Gasteiger partial charge < -0.3 is 14.5 Å². The van der Waals surface area contributed by atoms with Crippen LogP contribution < -0.4 is 21.2 Å². The number of thiazole rings is 1. The molecule has 1 amide bonds. The quantitative estimate of drug-likeness (QED) is 0.416. The zero-order valence-corrected chi connectivity index (χ0v) is 19.2. The number of nitrogens with one attached hydrogen (secondary N) is 1. The van der Waals surface area contributed by atoms with Crippen LogP contribution in [0.3, 0.4) is 0 Å². The van der Waals surface area contributed by atoms with E-state index in [1.54, 1.807) is 24.3 Å². The Morgan fingerprint density at radius 2 is 2.03 bits per heavy atom. The van der Waals surface area contributed by atoms with Gasteiger partial charge in [0.1, 0.15) is 11.3 Å². The summed E-state index contributed by atoms with van der Waals surface area (Å²) >= 11 is 1.50. The molecule has 0 saturated heterocycles. The first-order valence-corrected chi connectivity index (χ1v) is 11.2. The molecule has 0 aliphatic carbocycles. The first kappa shape index (κ1) is 22.4.